The Morgan fingerprint density at radius 3 is 2.44 bits per heavy atom. The van der Waals surface area contributed by atoms with Crippen LogP contribution < -0.4 is 14.8 Å². The zero-order valence-electron chi connectivity index (χ0n) is 14.9. The fourth-order valence-corrected chi connectivity index (χ4v) is 2.63. The first-order chi connectivity index (χ1) is 12.0. The molecule has 2 rings (SSSR count). The van der Waals surface area contributed by atoms with Crippen LogP contribution in [0.3, 0.4) is 0 Å². The van der Waals surface area contributed by atoms with Crippen LogP contribution in [-0.4, -0.2) is 25.7 Å². The number of carbonyl (C=O) groups excluding carboxylic acids is 1. The lowest BCUT2D eigenvalue weighted by Crippen LogP contribution is -2.30. The zero-order valence-corrected chi connectivity index (χ0v) is 14.9. The molecule has 0 spiro atoms. The van der Waals surface area contributed by atoms with Gasteiger partial charge in [-0.05, 0) is 50.5 Å². The third kappa shape index (κ3) is 5.78. The minimum absolute atomic E-state index is 0.0289. The molecule has 134 valence electrons. The maximum Gasteiger partial charge on any atom is 0.257 e. The maximum atomic E-state index is 13.4. The Bertz CT molecular complexity index is 708. The van der Waals surface area contributed by atoms with Gasteiger partial charge in [0.2, 0.25) is 0 Å². The molecular formula is C20H24FNO3. The number of hydrogen-bond donors (Lipinski definition) is 1. The van der Waals surface area contributed by atoms with Crippen molar-refractivity contribution < 1.29 is 18.7 Å². The lowest BCUT2D eigenvalue weighted by Gasteiger charge is -2.13. The Morgan fingerprint density at radius 2 is 1.76 bits per heavy atom. The second-order valence-corrected chi connectivity index (χ2v) is 6.00. The summed E-state index contributed by atoms with van der Waals surface area (Å²) in [5, 5.41) is 2.77. The molecule has 0 aliphatic rings. The third-order valence-corrected chi connectivity index (χ3v) is 3.69. The molecule has 0 aliphatic heterocycles. The van der Waals surface area contributed by atoms with Crippen molar-refractivity contribution in [1.82, 2.24) is 5.32 Å². The van der Waals surface area contributed by atoms with Crippen molar-refractivity contribution in [3.05, 3.63) is 58.9 Å². The van der Waals surface area contributed by atoms with E-state index in [1.54, 1.807) is 18.2 Å². The van der Waals surface area contributed by atoms with Crippen LogP contribution in [0.25, 0.3) is 0 Å². The summed E-state index contributed by atoms with van der Waals surface area (Å²) in [4.78, 5) is 11.9. The number of rotatable bonds is 8. The van der Waals surface area contributed by atoms with Gasteiger partial charge >= 0.3 is 0 Å². The van der Waals surface area contributed by atoms with Crippen molar-refractivity contribution in [1.29, 1.82) is 0 Å². The van der Waals surface area contributed by atoms with Crippen molar-refractivity contribution in [2.75, 3.05) is 19.8 Å². The van der Waals surface area contributed by atoms with Gasteiger partial charge in [-0.15, -0.1) is 0 Å². The molecule has 2 aromatic carbocycles. The van der Waals surface area contributed by atoms with Crippen molar-refractivity contribution >= 4 is 5.91 Å². The molecule has 0 saturated heterocycles. The predicted molar refractivity (Wildman–Crippen MR) is 95.7 cm³/mol. The lowest BCUT2D eigenvalue weighted by atomic mass is 10.1. The quantitative estimate of drug-likeness (QED) is 0.742. The summed E-state index contributed by atoms with van der Waals surface area (Å²) < 4.78 is 24.3. The number of halogens is 1. The van der Waals surface area contributed by atoms with Gasteiger partial charge in [-0.3, -0.25) is 4.79 Å². The fourth-order valence-electron chi connectivity index (χ4n) is 2.63. The molecular weight excluding hydrogens is 321 g/mol. The Morgan fingerprint density at radius 1 is 1.08 bits per heavy atom. The second-order valence-electron chi connectivity index (χ2n) is 6.00. The average molecular weight is 345 g/mol. The third-order valence-electron chi connectivity index (χ3n) is 3.69. The van der Waals surface area contributed by atoms with Gasteiger partial charge in [0.1, 0.15) is 5.75 Å². The second kappa shape index (κ2) is 9.06. The van der Waals surface area contributed by atoms with Gasteiger partial charge in [-0.2, -0.15) is 0 Å². The monoisotopic (exact) mass is 345 g/mol. The molecule has 25 heavy (non-hydrogen) atoms. The molecule has 2 aromatic rings. The van der Waals surface area contributed by atoms with E-state index in [0.717, 1.165) is 16.9 Å². The summed E-state index contributed by atoms with van der Waals surface area (Å²) in [5.74, 6) is 0.403. The highest BCUT2D eigenvalue weighted by atomic mass is 19.1. The van der Waals surface area contributed by atoms with E-state index in [4.69, 9.17) is 9.47 Å². The van der Waals surface area contributed by atoms with Crippen molar-refractivity contribution in [3.63, 3.8) is 0 Å². The van der Waals surface area contributed by atoms with Gasteiger partial charge in [0.15, 0.2) is 18.2 Å². The van der Waals surface area contributed by atoms with E-state index in [2.05, 4.69) is 5.32 Å². The first-order valence-corrected chi connectivity index (χ1v) is 8.32. The molecule has 0 fully saturated rings. The molecule has 1 amide bonds. The van der Waals surface area contributed by atoms with E-state index >= 15 is 0 Å². The number of hydrogen-bond acceptors (Lipinski definition) is 3. The number of benzene rings is 2. The number of para-hydroxylation sites is 1. The summed E-state index contributed by atoms with van der Waals surface area (Å²) in [6, 6.07) is 10.3. The van der Waals surface area contributed by atoms with Crippen molar-refractivity contribution in [2.24, 2.45) is 0 Å². The predicted octanol–water partition coefficient (Wildman–Crippen LogP) is 3.72. The molecule has 0 saturated carbocycles. The van der Waals surface area contributed by atoms with Gasteiger partial charge in [0.25, 0.3) is 5.91 Å². The largest absolute Gasteiger partial charge is 0.490 e. The molecule has 0 radical (unpaired) electrons. The molecule has 0 atom stereocenters. The van der Waals surface area contributed by atoms with E-state index in [9.17, 15) is 9.18 Å². The highest BCUT2D eigenvalue weighted by Crippen LogP contribution is 2.24. The van der Waals surface area contributed by atoms with Gasteiger partial charge in [0.05, 0.1) is 6.61 Å². The van der Waals surface area contributed by atoms with Gasteiger partial charge < -0.3 is 14.8 Å². The van der Waals surface area contributed by atoms with Crippen LogP contribution in [0.1, 0.15) is 23.1 Å². The number of aryl methyl sites for hydroxylation is 3. The Kier molecular flexibility index (Phi) is 6.81. The number of amides is 1. The number of nitrogens with one attached hydrogen (secondary N) is 1. The van der Waals surface area contributed by atoms with Gasteiger partial charge in [-0.25, -0.2) is 4.39 Å². The first kappa shape index (κ1) is 18.8. The minimum Gasteiger partial charge on any atom is -0.490 e. The molecule has 0 unspecified atom stereocenters. The summed E-state index contributed by atoms with van der Waals surface area (Å²) >= 11 is 0. The molecule has 0 bridgehead atoms. The molecule has 0 aliphatic carbocycles. The number of ether oxygens (including phenoxy) is 2. The highest BCUT2D eigenvalue weighted by molar-refractivity contribution is 5.77. The SMILES string of the molecule is Cc1cc(C)c(OCC(=O)NCCCOc2ccccc2F)c(C)c1. The van der Waals surface area contributed by atoms with Gasteiger partial charge in [0, 0.05) is 6.54 Å². The minimum atomic E-state index is -0.385. The van der Waals surface area contributed by atoms with E-state index in [1.807, 2.05) is 32.9 Å². The topological polar surface area (TPSA) is 47.6 Å². The Balaban J connectivity index is 1.67. The van der Waals surface area contributed by atoms with Gasteiger partial charge in [-0.1, -0.05) is 29.8 Å². The molecule has 1 N–H and O–H groups in total. The van der Waals surface area contributed by atoms with E-state index < -0.39 is 0 Å². The fraction of sp³-hybridized carbons (Fsp3) is 0.350. The van der Waals surface area contributed by atoms with Crippen molar-refractivity contribution in [3.8, 4) is 11.5 Å². The lowest BCUT2D eigenvalue weighted by molar-refractivity contribution is -0.123. The maximum absolute atomic E-state index is 13.4. The van der Waals surface area contributed by atoms with E-state index in [-0.39, 0.29) is 24.1 Å². The Hall–Kier alpha value is -2.56. The van der Waals surface area contributed by atoms with Crippen LogP contribution in [0.5, 0.6) is 11.5 Å². The summed E-state index contributed by atoms with van der Waals surface area (Å²) in [6.07, 6.45) is 0.586. The van der Waals surface area contributed by atoms with Crippen LogP contribution in [0.4, 0.5) is 4.39 Å². The number of carbonyl (C=O) groups is 1. The molecule has 0 aromatic heterocycles. The summed E-state index contributed by atoms with van der Waals surface area (Å²) in [7, 11) is 0. The van der Waals surface area contributed by atoms with E-state index in [0.29, 0.717) is 19.6 Å². The van der Waals surface area contributed by atoms with Crippen LogP contribution in [0.2, 0.25) is 0 Å². The van der Waals surface area contributed by atoms with Crippen LogP contribution in [0, 0.1) is 26.6 Å². The molecule has 4 nitrogen and oxygen atoms in total. The summed E-state index contributed by atoms with van der Waals surface area (Å²) in [6.45, 7) is 6.71. The summed E-state index contributed by atoms with van der Waals surface area (Å²) in [5.41, 5.74) is 3.20. The smallest absolute Gasteiger partial charge is 0.257 e. The normalized spacial score (nSPS) is 10.4. The average Bonchev–Trinajstić information content (AvgIpc) is 2.55. The van der Waals surface area contributed by atoms with Crippen molar-refractivity contribution in [2.45, 2.75) is 27.2 Å². The Labute approximate surface area is 148 Å². The first-order valence-electron chi connectivity index (χ1n) is 8.32. The highest BCUT2D eigenvalue weighted by Gasteiger charge is 2.08. The van der Waals surface area contributed by atoms with E-state index in [1.165, 1.54) is 11.6 Å². The van der Waals surface area contributed by atoms with Crippen LogP contribution >= 0.6 is 0 Å². The molecule has 5 heteroatoms. The van der Waals surface area contributed by atoms with Crippen LogP contribution in [-0.2, 0) is 4.79 Å². The zero-order chi connectivity index (χ0) is 18.2. The standard InChI is InChI=1S/C20H24FNO3/c1-14-11-15(2)20(16(3)12-14)25-13-19(23)22-9-6-10-24-18-8-5-4-7-17(18)21/h4-5,7-8,11-12H,6,9-10,13H2,1-3H3,(H,22,23). The molecule has 0 heterocycles. The van der Waals surface area contributed by atoms with Crippen LogP contribution in [0.15, 0.2) is 36.4 Å².